The lowest BCUT2D eigenvalue weighted by Crippen LogP contribution is -2.12. The van der Waals surface area contributed by atoms with Gasteiger partial charge < -0.3 is 4.98 Å². The topological polar surface area (TPSA) is 15.8 Å². The van der Waals surface area contributed by atoms with Crippen LogP contribution in [0.4, 0.5) is 26.3 Å². The van der Waals surface area contributed by atoms with Crippen molar-refractivity contribution in [3.63, 3.8) is 0 Å². The van der Waals surface area contributed by atoms with Gasteiger partial charge in [0, 0.05) is 0 Å². The highest BCUT2D eigenvalue weighted by atomic mass is 32.1. The van der Waals surface area contributed by atoms with Crippen molar-refractivity contribution >= 4 is 12.2 Å². The summed E-state index contributed by atoms with van der Waals surface area (Å²) in [5, 5.41) is 0. The predicted octanol–water partition coefficient (Wildman–Crippen LogP) is 3.78. The molecular weight excluding hydrogens is 244 g/mol. The average molecular weight is 247 g/mol. The Morgan fingerprint density at radius 1 is 0.933 bits per heavy atom. The Morgan fingerprint density at radius 2 is 1.47 bits per heavy atom. The summed E-state index contributed by atoms with van der Waals surface area (Å²) in [6, 6.07) is 0.611. The first kappa shape index (κ1) is 12.0. The van der Waals surface area contributed by atoms with Crippen LogP contribution in [-0.4, -0.2) is 4.98 Å². The summed E-state index contributed by atoms with van der Waals surface area (Å²) in [5.74, 6) is 0. The standard InChI is InChI=1S/C7H3F6NS/c8-6(9,10)3-1-2-4(7(11,12)13)14-5(3)15/h1-2H,(H,14,15). The molecule has 1 rings (SSSR count). The molecule has 0 fully saturated rings. The van der Waals surface area contributed by atoms with E-state index >= 15 is 0 Å². The van der Waals surface area contributed by atoms with E-state index in [0.29, 0.717) is 12.1 Å². The number of aromatic amines is 1. The van der Waals surface area contributed by atoms with E-state index in [4.69, 9.17) is 0 Å². The molecule has 0 amide bonds. The van der Waals surface area contributed by atoms with Gasteiger partial charge in [0.1, 0.15) is 10.3 Å². The number of H-pyrrole nitrogens is 1. The molecule has 0 radical (unpaired) electrons. The molecule has 0 aliphatic heterocycles. The van der Waals surface area contributed by atoms with E-state index < -0.39 is 28.3 Å². The molecule has 0 aliphatic carbocycles. The van der Waals surface area contributed by atoms with Gasteiger partial charge in [-0.3, -0.25) is 0 Å². The van der Waals surface area contributed by atoms with E-state index in [9.17, 15) is 26.3 Å². The molecular formula is C7H3F6NS. The largest absolute Gasteiger partial charge is 0.431 e. The Kier molecular flexibility index (Phi) is 2.81. The zero-order chi connectivity index (χ0) is 11.9. The average Bonchev–Trinajstić information content (AvgIpc) is 1.99. The molecule has 1 nitrogen and oxygen atoms in total. The number of nitrogens with one attached hydrogen (secondary N) is 1. The Labute approximate surface area is 84.7 Å². The van der Waals surface area contributed by atoms with Gasteiger partial charge in [0.25, 0.3) is 0 Å². The number of alkyl halides is 6. The van der Waals surface area contributed by atoms with Crippen LogP contribution in [0.1, 0.15) is 11.3 Å². The third-order valence-electron chi connectivity index (χ3n) is 1.52. The number of rotatable bonds is 0. The van der Waals surface area contributed by atoms with Crippen LogP contribution in [0.2, 0.25) is 0 Å². The van der Waals surface area contributed by atoms with Crippen LogP contribution < -0.4 is 0 Å². The normalized spacial score (nSPS) is 12.9. The van der Waals surface area contributed by atoms with Gasteiger partial charge in [-0.1, -0.05) is 12.2 Å². The molecule has 0 aliphatic rings. The summed E-state index contributed by atoms with van der Waals surface area (Å²) in [6.45, 7) is 0. The third kappa shape index (κ3) is 2.71. The molecule has 1 aromatic rings. The molecule has 8 heteroatoms. The molecule has 1 aromatic heterocycles. The van der Waals surface area contributed by atoms with Crippen molar-refractivity contribution in [3.8, 4) is 0 Å². The molecule has 0 atom stereocenters. The van der Waals surface area contributed by atoms with Gasteiger partial charge >= 0.3 is 12.4 Å². The SMILES string of the molecule is FC(F)(F)c1ccc(C(F)(F)F)c(=S)[nH]1. The van der Waals surface area contributed by atoms with Crippen LogP contribution in [0.5, 0.6) is 0 Å². The van der Waals surface area contributed by atoms with Crippen molar-refractivity contribution in [2.45, 2.75) is 12.4 Å². The molecule has 1 N–H and O–H groups in total. The number of aromatic nitrogens is 1. The molecule has 15 heavy (non-hydrogen) atoms. The van der Waals surface area contributed by atoms with Crippen molar-refractivity contribution in [1.82, 2.24) is 4.98 Å². The third-order valence-corrected chi connectivity index (χ3v) is 1.84. The first-order valence-electron chi connectivity index (χ1n) is 3.50. The van der Waals surface area contributed by atoms with Gasteiger partial charge in [0.05, 0.1) is 5.56 Å². The van der Waals surface area contributed by atoms with Crippen LogP contribution >= 0.6 is 12.2 Å². The summed E-state index contributed by atoms with van der Waals surface area (Å²) < 4.78 is 71.5. The van der Waals surface area contributed by atoms with Crippen LogP contribution in [0.3, 0.4) is 0 Å². The lowest BCUT2D eigenvalue weighted by molar-refractivity contribution is -0.144. The Morgan fingerprint density at radius 3 is 1.80 bits per heavy atom. The van der Waals surface area contributed by atoms with E-state index in [-0.39, 0.29) is 0 Å². The van der Waals surface area contributed by atoms with Crippen molar-refractivity contribution in [1.29, 1.82) is 0 Å². The summed E-state index contributed by atoms with van der Waals surface area (Å²) in [6.07, 6.45) is -9.49. The highest BCUT2D eigenvalue weighted by molar-refractivity contribution is 7.71. The van der Waals surface area contributed by atoms with E-state index in [1.807, 2.05) is 0 Å². The number of hydrogen-bond acceptors (Lipinski definition) is 1. The lowest BCUT2D eigenvalue weighted by Gasteiger charge is -2.10. The van der Waals surface area contributed by atoms with E-state index in [0.717, 1.165) is 0 Å². The maximum atomic E-state index is 12.1. The number of halogens is 6. The van der Waals surface area contributed by atoms with E-state index in [2.05, 4.69) is 12.2 Å². The maximum Gasteiger partial charge on any atom is 0.431 e. The zero-order valence-electron chi connectivity index (χ0n) is 6.83. The quantitative estimate of drug-likeness (QED) is 0.545. The fourth-order valence-corrected chi connectivity index (χ4v) is 1.16. The molecule has 0 saturated carbocycles. The van der Waals surface area contributed by atoms with Gasteiger partial charge in [0.2, 0.25) is 0 Å². The van der Waals surface area contributed by atoms with Crippen molar-refractivity contribution in [3.05, 3.63) is 28.0 Å². The van der Waals surface area contributed by atoms with Crippen LogP contribution in [0, 0.1) is 4.64 Å². The lowest BCUT2D eigenvalue weighted by atomic mass is 10.2. The summed E-state index contributed by atoms with van der Waals surface area (Å²) in [7, 11) is 0. The van der Waals surface area contributed by atoms with Crippen molar-refractivity contribution in [2.24, 2.45) is 0 Å². The minimum absolute atomic E-state index is 0.304. The van der Waals surface area contributed by atoms with E-state index in [1.54, 1.807) is 0 Å². The molecule has 0 aromatic carbocycles. The molecule has 0 unspecified atom stereocenters. The first-order chi connectivity index (χ1) is 6.62. The summed E-state index contributed by atoms with van der Waals surface area (Å²) >= 11 is 4.18. The van der Waals surface area contributed by atoms with Gasteiger partial charge in [-0.05, 0) is 12.1 Å². The number of hydrogen-bond donors (Lipinski definition) is 1. The minimum atomic E-state index is -4.75. The Balaban J connectivity index is 3.28. The Hall–Kier alpha value is -1.05. The highest BCUT2D eigenvalue weighted by Gasteiger charge is 2.36. The minimum Gasteiger partial charge on any atom is -0.342 e. The molecule has 0 bridgehead atoms. The van der Waals surface area contributed by atoms with Gasteiger partial charge in [0.15, 0.2) is 0 Å². The Bertz CT molecular complexity index is 415. The highest BCUT2D eigenvalue weighted by Crippen LogP contribution is 2.32. The van der Waals surface area contributed by atoms with Crippen LogP contribution in [0.25, 0.3) is 0 Å². The second-order valence-electron chi connectivity index (χ2n) is 2.61. The van der Waals surface area contributed by atoms with Crippen molar-refractivity contribution < 1.29 is 26.3 Å². The summed E-state index contributed by atoms with van der Waals surface area (Å²) in [4.78, 5) is 1.49. The molecule has 84 valence electrons. The smallest absolute Gasteiger partial charge is 0.342 e. The number of pyridine rings is 1. The second-order valence-corrected chi connectivity index (χ2v) is 3.02. The van der Waals surface area contributed by atoms with Crippen LogP contribution in [-0.2, 0) is 12.4 Å². The van der Waals surface area contributed by atoms with Crippen molar-refractivity contribution in [2.75, 3.05) is 0 Å². The maximum absolute atomic E-state index is 12.1. The second kappa shape index (κ2) is 3.51. The molecule has 0 saturated heterocycles. The van der Waals surface area contributed by atoms with E-state index in [1.165, 1.54) is 4.98 Å². The summed E-state index contributed by atoms with van der Waals surface area (Å²) in [5.41, 5.74) is -2.59. The monoisotopic (exact) mass is 247 g/mol. The first-order valence-corrected chi connectivity index (χ1v) is 3.91. The van der Waals surface area contributed by atoms with Gasteiger partial charge in [-0.25, -0.2) is 0 Å². The fourth-order valence-electron chi connectivity index (χ4n) is 0.862. The van der Waals surface area contributed by atoms with Gasteiger partial charge in [-0.15, -0.1) is 0 Å². The molecule has 0 spiro atoms. The molecule has 1 heterocycles. The zero-order valence-corrected chi connectivity index (χ0v) is 7.65. The van der Waals surface area contributed by atoms with Gasteiger partial charge in [-0.2, -0.15) is 26.3 Å². The fraction of sp³-hybridized carbons (Fsp3) is 0.286. The van der Waals surface area contributed by atoms with Crippen LogP contribution in [0.15, 0.2) is 12.1 Å². The predicted molar refractivity (Wildman–Crippen MR) is 41.6 cm³/mol.